The third-order valence-corrected chi connectivity index (χ3v) is 7.31. The maximum atomic E-state index is 14.3. The summed E-state index contributed by atoms with van der Waals surface area (Å²) in [6.07, 6.45) is -0.893. The number of benzene rings is 2. The first-order chi connectivity index (χ1) is 18.8. The van der Waals surface area contributed by atoms with Crippen molar-refractivity contribution in [2.75, 3.05) is 0 Å². The molecule has 2 heterocycles. The number of imidazole rings is 1. The molecule has 204 valence electrons. The first-order valence-corrected chi connectivity index (χ1v) is 13.2. The van der Waals surface area contributed by atoms with E-state index >= 15 is 0 Å². The van der Waals surface area contributed by atoms with Crippen LogP contribution in [-0.2, 0) is 19.1 Å². The summed E-state index contributed by atoms with van der Waals surface area (Å²) in [6, 6.07) is 14.8. The molecule has 1 aliphatic carbocycles. The fourth-order valence-corrected chi connectivity index (χ4v) is 5.46. The molecule has 0 atom stereocenters. The molecular weight excluding hydrogens is 509 g/mol. The number of alkyl halides is 3. The molecule has 0 saturated heterocycles. The van der Waals surface area contributed by atoms with E-state index in [9.17, 15) is 22.8 Å². The maximum Gasteiger partial charge on any atom is 0.433 e. The van der Waals surface area contributed by atoms with Gasteiger partial charge in [-0.3, -0.25) is 9.36 Å². The number of nitrogens with zero attached hydrogens (tertiary/aromatic N) is 5. The normalized spacial score (nSPS) is 14.6. The fourth-order valence-electron chi connectivity index (χ4n) is 5.46. The van der Waals surface area contributed by atoms with Crippen molar-refractivity contribution in [3.63, 3.8) is 0 Å². The Kier molecular flexibility index (Phi) is 7.49. The molecule has 5 rings (SSSR count). The molecule has 2 aromatic heterocycles. The lowest BCUT2D eigenvalue weighted by molar-refractivity contribution is -0.143. The summed E-state index contributed by atoms with van der Waals surface area (Å²) in [7, 11) is 0. The predicted molar refractivity (Wildman–Crippen MR) is 139 cm³/mol. The van der Waals surface area contributed by atoms with Crippen LogP contribution >= 0.6 is 0 Å². The average molecular weight is 539 g/mol. The van der Waals surface area contributed by atoms with E-state index in [1.165, 1.54) is 0 Å². The quantitative estimate of drug-likeness (QED) is 0.324. The van der Waals surface area contributed by atoms with Gasteiger partial charge in [-0.2, -0.15) is 13.2 Å². The largest absolute Gasteiger partial charge is 0.433 e. The first-order valence-electron chi connectivity index (χ1n) is 13.2. The van der Waals surface area contributed by atoms with Gasteiger partial charge in [-0.15, -0.1) is 5.10 Å². The summed E-state index contributed by atoms with van der Waals surface area (Å²) < 4.78 is 44.6. The Morgan fingerprint density at radius 1 is 1.03 bits per heavy atom. The van der Waals surface area contributed by atoms with Gasteiger partial charge in [-0.25, -0.2) is 14.5 Å². The second kappa shape index (κ2) is 11.0. The minimum Gasteiger partial charge on any atom is -0.291 e. The van der Waals surface area contributed by atoms with E-state index in [1.54, 1.807) is 19.1 Å². The van der Waals surface area contributed by atoms with E-state index in [4.69, 9.17) is 0 Å². The van der Waals surface area contributed by atoms with Crippen molar-refractivity contribution in [1.82, 2.24) is 29.8 Å². The number of aromatic nitrogens is 6. The molecule has 39 heavy (non-hydrogen) atoms. The number of H-pyrrole nitrogens is 1. The Bertz CT molecular complexity index is 1500. The molecule has 8 nitrogen and oxygen atoms in total. The highest BCUT2D eigenvalue weighted by Gasteiger charge is 2.43. The topological polar surface area (TPSA) is 98.5 Å². The third-order valence-electron chi connectivity index (χ3n) is 7.31. The first kappa shape index (κ1) is 26.6. The molecule has 1 fully saturated rings. The van der Waals surface area contributed by atoms with Crippen molar-refractivity contribution in [1.29, 1.82) is 0 Å². The van der Waals surface area contributed by atoms with E-state index < -0.39 is 29.4 Å². The molecule has 4 aromatic rings. The van der Waals surface area contributed by atoms with Crippen LogP contribution in [0.25, 0.3) is 22.5 Å². The fraction of sp³-hybridized carbons (Fsp3) is 0.393. The molecule has 0 aliphatic heterocycles. The van der Waals surface area contributed by atoms with Crippen molar-refractivity contribution >= 4 is 5.91 Å². The number of tetrazole rings is 1. The molecule has 1 aliphatic rings. The zero-order valence-electron chi connectivity index (χ0n) is 21.5. The van der Waals surface area contributed by atoms with Gasteiger partial charge in [-0.1, -0.05) is 81.1 Å². The summed E-state index contributed by atoms with van der Waals surface area (Å²) in [4.78, 5) is 26.7. The monoisotopic (exact) mass is 538 g/mol. The smallest absolute Gasteiger partial charge is 0.291 e. The van der Waals surface area contributed by atoms with Gasteiger partial charge >= 0.3 is 11.9 Å². The molecule has 1 saturated carbocycles. The van der Waals surface area contributed by atoms with Crippen LogP contribution in [0.2, 0.25) is 0 Å². The van der Waals surface area contributed by atoms with E-state index in [0.717, 1.165) is 40.5 Å². The van der Waals surface area contributed by atoms with Gasteiger partial charge in [0.2, 0.25) is 5.91 Å². The van der Waals surface area contributed by atoms with Gasteiger partial charge in [0.25, 0.3) is 0 Å². The Labute approximate surface area is 222 Å². The van der Waals surface area contributed by atoms with Crippen LogP contribution in [0.15, 0.2) is 53.3 Å². The average Bonchev–Trinajstić information content (AvgIpc) is 3.57. The number of carbonyl (C=O) groups excluding carboxylic acids is 1. The molecule has 1 N–H and O–H groups in total. The Hall–Kier alpha value is -4.02. The van der Waals surface area contributed by atoms with Gasteiger partial charge in [0, 0.05) is 11.5 Å². The third kappa shape index (κ3) is 5.30. The van der Waals surface area contributed by atoms with Gasteiger partial charge in [-0.05, 0) is 46.4 Å². The number of carbonyl (C=O) groups is 1. The summed E-state index contributed by atoms with van der Waals surface area (Å²) in [6.45, 7) is 1.68. The standard InChI is InChI=1S/C28H29F3N6O2/c1-2-8-23-24(28(29,30)31)37(26(38)20-9-4-3-5-10-20)27(39)36(23)17-18-13-15-19(16-14-18)21-11-6-7-12-22(21)25-32-34-35-33-25/h6-7,11-16,20H,2-5,8-10,17H2,1H3,(H,32,33,34,35). The minimum atomic E-state index is -4.83. The predicted octanol–water partition coefficient (Wildman–Crippen LogP) is 5.74. The number of aromatic amines is 1. The van der Waals surface area contributed by atoms with Gasteiger partial charge in [0.05, 0.1) is 12.2 Å². The van der Waals surface area contributed by atoms with Crippen LogP contribution in [0.1, 0.15) is 67.2 Å². The summed E-state index contributed by atoms with van der Waals surface area (Å²) in [5.74, 6) is -0.798. The van der Waals surface area contributed by atoms with E-state index in [-0.39, 0.29) is 18.7 Å². The zero-order chi connectivity index (χ0) is 27.6. The van der Waals surface area contributed by atoms with E-state index in [1.807, 2.05) is 36.4 Å². The summed E-state index contributed by atoms with van der Waals surface area (Å²) in [5, 5.41) is 14.0. The molecule has 0 amide bonds. The molecule has 11 heteroatoms. The van der Waals surface area contributed by atoms with E-state index in [0.29, 0.717) is 35.2 Å². The Morgan fingerprint density at radius 3 is 2.33 bits per heavy atom. The molecule has 2 aromatic carbocycles. The second-order valence-corrected chi connectivity index (χ2v) is 9.91. The van der Waals surface area contributed by atoms with Crippen molar-refractivity contribution in [2.45, 2.75) is 64.6 Å². The Balaban J connectivity index is 1.52. The SMILES string of the molecule is CCCc1c(C(F)(F)F)n(C(=O)C2CCCCC2)c(=O)n1Cc1ccc(-c2ccccc2-c2nnn[nH]2)cc1. The van der Waals surface area contributed by atoms with Crippen LogP contribution in [0.5, 0.6) is 0 Å². The molecule has 0 spiro atoms. The molecular formula is C28H29F3N6O2. The van der Waals surface area contributed by atoms with Crippen molar-refractivity contribution in [2.24, 2.45) is 5.92 Å². The lowest BCUT2D eigenvalue weighted by atomic mass is 9.88. The number of hydrogen-bond donors (Lipinski definition) is 1. The van der Waals surface area contributed by atoms with Gasteiger partial charge in [0.1, 0.15) is 0 Å². The molecule has 0 unspecified atom stereocenters. The summed E-state index contributed by atoms with van der Waals surface area (Å²) in [5.41, 5.74) is 0.969. The highest BCUT2D eigenvalue weighted by Crippen LogP contribution is 2.35. The van der Waals surface area contributed by atoms with Crippen LogP contribution in [-0.4, -0.2) is 35.7 Å². The highest BCUT2D eigenvalue weighted by atomic mass is 19.4. The number of hydrogen-bond acceptors (Lipinski definition) is 5. The number of halogens is 3. The van der Waals surface area contributed by atoms with Crippen molar-refractivity contribution in [3.05, 3.63) is 76.0 Å². The minimum absolute atomic E-state index is 0.0334. The van der Waals surface area contributed by atoms with Crippen molar-refractivity contribution in [3.8, 4) is 22.5 Å². The van der Waals surface area contributed by atoms with Crippen LogP contribution in [0, 0.1) is 5.92 Å². The Morgan fingerprint density at radius 2 is 1.72 bits per heavy atom. The van der Waals surface area contributed by atoms with Gasteiger partial charge in [0.15, 0.2) is 11.5 Å². The van der Waals surface area contributed by atoms with Crippen LogP contribution < -0.4 is 5.69 Å². The summed E-state index contributed by atoms with van der Waals surface area (Å²) >= 11 is 0. The lowest BCUT2D eigenvalue weighted by Crippen LogP contribution is -2.36. The maximum absolute atomic E-state index is 14.3. The number of rotatable bonds is 7. The second-order valence-electron chi connectivity index (χ2n) is 9.91. The lowest BCUT2D eigenvalue weighted by Gasteiger charge is -2.21. The molecule has 0 bridgehead atoms. The van der Waals surface area contributed by atoms with Crippen LogP contribution in [0.3, 0.4) is 0 Å². The van der Waals surface area contributed by atoms with E-state index in [2.05, 4.69) is 20.6 Å². The van der Waals surface area contributed by atoms with Gasteiger partial charge < -0.3 is 0 Å². The molecule has 0 radical (unpaired) electrons. The van der Waals surface area contributed by atoms with Crippen LogP contribution in [0.4, 0.5) is 13.2 Å². The zero-order valence-corrected chi connectivity index (χ0v) is 21.5. The highest BCUT2D eigenvalue weighted by molar-refractivity contribution is 5.82. The van der Waals surface area contributed by atoms with Crippen molar-refractivity contribution < 1.29 is 18.0 Å². The number of nitrogens with one attached hydrogen (secondary N) is 1.